The normalized spacial score (nSPS) is 5.90. The molecule has 0 unspecified atom stereocenters. The molecular weight excluding hydrogens is 284 g/mol. The Morgan fingerprint density at radius 1 is 1.10 bits per heavy atom. The molecule has 0 spiro atoms. The fourth-order valence-electron chi connectivity index (χ4n) is 0. The minimum Gasteiger partial charge on any atom is -1.00 e. The van der Waals surface area contributed by atoms with Gasteiger partial charge in [-0.15, -0.1) is 12.4 Å². The molecule has 0 bridgehead atoms. The van der Waals surface area contributed by atoms with E-state index in [-0.39, 0.29) is 166 Å². The minimum atomic E-state index is -4.64. The fraction of sp³-hybridized carbons (Fsp3) is 0. The maximum Gasteiger partial charge on any atom is 1.00 e. The van der Waals surface area contributed by atoms with Gasteiger partial charge in [0.15, 0.2) is 0 Å². The molecule has 0 heterocycles. The molecule has 0 saturated carbocycles. The number of hydrogen-bond donors (Lipinski definition) is 3. The third-order valence-electron chi connectivity index (χ3n) is 0. The standard InChI is InChI=1S/ClH.Cr.2K.Na.H3O4P.3H/c;;;;;1-5(2,3)4;;;/h1H;;;;;(H3,1,2,3,4);;;/q;;3*+1;;3*-1. The van der Waals surface area contributed by atoms with Crippen molar-refractivity contribution in [3.63, 3.8) is 0 Å². The Hall–Kier alpha value is 5.21. The molecular formula is H7ClCrK2NaO4P. The van der Waals surface area contributed by atoms with E-state index in [1.165, 1.54) is 0 Å². The largest absolute Gasteiger partial charge is 1.00 e. The van der Waals surface area contributed by atoms with E-state index < -0.39 is 7.82 Å². The summed E-state index contributed by atoms with van der Waals surface area (Å²) in [6.45, 7) is 0. The average molecular weight is 291 g/mol. The molecule has 0 rings (SSSR count). The second kappa shape index (κ2) is 19.7. The zero-order chi connectivity index (χ0) is 4.50. The summed E-state index contributed by atoms with van der Waals surface area (Å²) in [4.78, 5) is 21.6. The smallest absolute Gasteiger partial charge is 1.00 e. The SMILES string of the molecule is Cl.O=P(O)(O)O.[Cr].[H-].[H-].[H-].[K+].[K+].[Na+]. The summed E-state index contributed by atoms with van der Waals surface area (Å²) in [7, 11) is -4.64. The Morgan fingerprint density at radius 2 is 1.10 bits per heavy atom. The van der Waals surface area contributed by atoms with Crippen LogP contribution < -0.4 is 132 Å². The molecule has 0 aliphatic carbocycles. The molecule has 0 radical (unpaired) electrons. The van der Waals surface area contributed by atoms with E-state index in [1.54, 1.807) is 0 Å². The molecule has 52 valence electrons. The van der Waals surface area contributed by atoms with Crippen molar-refractivity contribution in [1.82, 2.24) is 0 Å². The summed E-state index contributed by atoms with van der Waals surface area (Å²) in [6, 6.07) is 0. The van der Waals surface area contributed by atoms with E-state index in [0.29, 0.717) is 0 Å². The molecule has 0 aromatic rings. The first kappa shape index (κ1) is 36.2. The first-order valence-corrected chi connectivity index (χ1v) is 2.35. The topological polar surface area (TPSA) is 77.8 Å². The molecule has 0 saturated heterocycles. The van der Waals surface area contributed by atoms with E-state index in [1.807, 2.05) is 0 Å². The van der Waals surface area contributed by atoms with Crippen LogP contribution in [0.2, 0.25) is 0 Å². The van der Waals surface area contributed by atoms with Crippen LogP contribution >= 0.6 is 20.2 Å². The van der Waals surface area contributed by atoms with Crippen molar-refractivity contribution in [3.05, 3.63) is 0 Å². The molecule has 0 aliphatic rings. The Morgan fingerprint density at radius 3 is 1.10 bits per heavy atom. The Balaban J connectivity index is -0.00000000286. The quantitative estimate of drug-likeness (QED) is 0.306. The Bertz CT molecular complexity index is 79.5. The first-order chi connectivity index (χ1) is 2.00. The van der Waals surface area contributed by atoms with E-state index in [4.69, 9.17) is 19.2 Å². The third kappa shape index (κ3) is 72.6. The van der Waals surface area contributed by atoms with Gasteiger partial charge in [0.1, 0.15) is 0 Å². The van der Waals surface area contributed by atoms with Gasteiger partial charge >= 0.3 is 140 Å². The van der Waals surface area contributed by atoms with Crippen LogP contribution in [0, 0.1) is 0 Å². The van der Waals surface area contributed by atoms with Crippen LogP contribution in [0.1, 0.15) is 4.28 Å². The van der Waals surface area contributed by atoms with Crippen molar-refractivity contribution >= 4 is 20.2 Å². The summed E-state index contributed by atoms with van der Waals surface area (Å²) in [5.41, 5.74) is 0. The van der Waals surface area contributed by atoms with Gasteiger partial charge in [-0.25, -0.2) is 4.57 Å². The second-order valence-electron chi connectivity index (χ2n) is 0.513. The van der Waals surface area contributed by atoms with Crippen LogP contribution in [0.5, 0.6) is 0 Å². The Labute approximate surface area is 188 Å². The minimum absolute atomic E-state index is 0. The van der Waals surface area contributed by atoms with Gasteiger partial charge in [0.25, 0.3) is 0 Å². The number of rotatable bonds is 0. The van der Waals surface area contributed by atoms with Crippen molar-refractivity contribution < 1.29 is 173 Å². The van der Waals surface area contributed by atoms with Gasteiger partial charge in [-0.3, -0.25) is 0 Å². The van der Waals surface area contributed by atoms with Gasteiger partial charge in [-0.05, 0) is 0 Å². The summed E-state index contributed by atoms with van der Waals surface area (Å²) < 4.78 is 8.88. The van der Waals surface area contributed by atoms with Gasteiger partial charge in [0, 0.05) is 17.4 Å². The predicted molar refractivity (Wildman–Crippen MR) is 24.8 cm³/mol. The van der Waals surface area contributed by atoms with Gasteiger partial charge in [0.2, 0.25) is 0 Å². The van der Waals surface area contributed by atoms with Crippen molar-refractivity contribution in [2.75, 3.05) is 0 Å². The van der Waals surface area contributed by atoms with E-state index in [0.717, 1.165) is 0 Å². The summed E-state index contributed by atoms with van der Waals surface area (Å²) in [5, 5.41) is 0. The van der Waals surface area contributed by atoms with E-state index >= 15 is 0 Å². The zero-order valence-electron chi connectivity index (χ0n) is 9.01. The van der Waals surface area contributed by atoms with Crippen LogP contribution in [-0.2, 0) is 21.9 Å². The molecule has 4 nitrogen and oxygen atoms in total. The van der Waals surface area contributed by atoms with Crippen LogP contribution in [-0.4, -0.2) is 14.7 Å². The molecule has 0 aromatic carbocycles. The summed E-state index contributed by atoms with van der Waals surface area (Å²) >= 11 is 0. The summed E-state index contributed by atoms with van der Waals surface area (Å²) in [6.07, 6.45) is 0. The third-order valence-corrected chi connectivity index (χ3v) is 0. The predicted octanol–water partition coefficient (Wildman–Crippen LogP) is -9.16. The van der Waals surface area contributed by atoms with Gasteiger partial charge < -0.3 is 19.0 Å². The number of halogens is 1. The molecule has 0 aromatic heterocycles. The molecule has 3 N–H and O–H groups in total. The van der Waals surface area contributed by atoms with Crippen LogP contribution in [0.4, 0.5) is 0 Å². The maximum absolute atomic E-state index is 8.88. The van der Waals surface area contributed by atoms with E-state index in [9.17, 15) is 0 Å². The first-order valence-electron chi connectivity index (χ1n) is 0.783. The van der Waals surface area contributed by atoms with Gasteiger partial charge in [-0.1, -0.05) is 0 Å². The van der Waals surface area contributed by atoms with Crippen molar-refractivity contribution in [2.45, 2.75) is 0 Å². The van der Waals surface area contributed by atoms with Crippen molar-refractivity contribution in [1.29, 1.82) is 0 Å². The maximum atomic E-state index is 8.88. The molecule has 0 atom stereocenters. The monoisotopic (exact) mass is 290 g/mol. The fourth-order valence-corrected chi connectivity index (χ4v) is 0. The summed E-state index contributed by atoms with van der Waals surface area (Å²) in [5.74, 6) is 0. The molecule has 10 heavy (non-hydrogen) atoms. The molecule has 0 aliphatic heterocycles. The molecule has 0 amide bonds. The van der Waals surface area contributed by atoms with Crippen molar-refractivity contribution in [3.8, 4) is 0 Å². The van der Waals surface area contributed by atoms with E-state index in [2.05, 4.69) is 0 Å². The molecule has 0 fully saturated rings. The molecule has 10 heteroatoms. The number of phosphoric acid groups is 1. The zero-order valence-corrected chi connectivity index (χ0v) is 17.2. The average Bonchev–Trinajstić information content (AvgIpc) is 0.722. The van der Waals surface area contributed by atoms with Crippen LogP contribution in [0.25, 0.3) is 0 Å². The van der Waals surface area contributed by atoms with Gasteiger partial charge in [-0.2, -0.15) is 0 Å². The number of hydrogen-bond acceptors (Lipinski definition) is 1. The van der Waals surface area contributed by atoms with Crippen LogP contribution in [0.15, 0.2) is 0 Å². The van der Waals surface area contributed by atoms with Crippen LogP contribution in [0.3, 0.4) is 0 Å². The Kier molecular flexibility index (Phi) is 71.4. The second-order valence-corrected chi connectivity index (χ2v) is 1.54. The van der Waals surface area contributed by atoms with Gasteiger partial charge in [0.05, 0.1) is 0 Å². The van der Waals surface area contributed by atoms with Crippen molar-refractivity contribution in [2.24, 2.45) is 0 Å².